The third-order valence-corrected chi connectivity index (χ3v) is 4.71. The molecule has 3 aromatic rings. The van der Waals surface area contributed by atoms with Gasteiger partial charge in [0.25, 0.3) is 0 Å². The minimum absolute atomic E-state index is 0.256. The molecule has 154 valence electrons. The summed E-state index contributed by atoms with van der Waals surface area (Å²) in [6.45, 7) is 3.01. The molecule has 8 heteroatoms. The zero-order valence-electron chi connectivity index (χ0n) is 16.4. The molecule has 0 bridgehead atoms. The Morgan fingerprint density at radius 1 is 1.03 bits per heavy atom. The number of hydrogen-bond donors (Lipinski definition) is 3. The zero-order chi connectivity index (χ0) is 20.8. The highest BCUT2D eigenvalue weighted by Crippen LogP contribution is 2.25. The number of rotatable bonds is 7. The van der Waals surface area contributed by atoms with Crippen molar-refractivity contribution in [3.63, 3.8) is 0 Å². The van der Waals surface area contributed by atoms with Crippen molar-refractivity contribution in [3.8, 4) is 11.3 Å². The quantitative estimate of drug-likeness (QED) is 0.551. The van der Waals surface area contributed by atoms with Gasteiger partial charge in [-0.05, 0) is 24.3 Å². The molecule has 0 aliphatic carbocycles. The van der Waals surface area contributed by atoms with E-state index in [2.05, 4.69) is 37.6 Å². The molecule has 0 spiro atoms. The van der Waals surface area contributed by atoms with Crippen LogP contribution in [0.5, 0.6) is 0 Å². The van der Waals surface area contributed by atoms with E-state index in [0.29, 0.717) is 11.5 Å². The minimum Gasteiger partial charge on any atom is -0.480 e. The molecular weight excluding hydrogens is 382 g/mol. The van der Waals surface area contributed by atoms with Crippen LogP contribution < -0.4 is 15.5 Å². The number of nitrogens with one attached hydrogen (secondary N) is 2. The summed E-state index contributed by atoms with van der Waals surface area (Å²) >= 11 is 0. The van der Waals surface area contributed by atoms with Crippen molar-refractivity contribution in [1.29, 1.82) is 0 Å². The van der Waals surface area contributed by atoms with Gasteiger partial charge < -0.3 is 25.4 Å². The molecule has 0 amide bonds. The maximum Gasteiger partial charge on any atom is 0.322 e. The topological polar surface area (TPSA) is 99.6 Å². The van der Waals surface area contributed by atoms with Crippen LogP contribution >= 0.6 is 0 Å². The summed E-state index contributed by atoms with van der Waals surface area (Å²) in [4.78, 5) is 22.1. The molecule has 0 saturated carbocycles. The Bertz CT molecular complexity index is 989. The van der Waals surface area contributed by atoms with Crippen LogP contribution in [0.3, 0.4) is 0 Å². The van der Waals surface area contributed by atoms with Crippen molar-refractivity contribution in [2.45, 2.75) is 0 Å². The van der Waals surface area contributed by atoms with E-state index in [-0.39, 0.29) is 12.5 Å². The van der Waals surface area contributed by atoms with Crippen molar-refractivity contribution < 1.29 is 14.6 Å². The van der Waals surface area contributed by atoms with Crippen LogP contribution in [-0.4, -0.2) is 53.9 Å². The number of carboxylic acid groups (broad SMARTS) is 1. The molecule has 30 heavy (non-hydrogen) atoms. The number of carbonyl (C=O) groups is 1. The van der Waals surface area contributed by atoms with Gasteiger partial charge in [-0.1, -0.05) is 30.3 Å². The number of aromatic nitrogens is 2. The summed E-state index contributed by atoms with van der Waals surface area (Å²) in [5.41, 5.74) is 3.66. The zero-order valence-corrected chi connectivity index (χ0v) is 16.4. The molecule has 1 aliphatic heterocycles. The minimum atomic E-state index is -0.975. The van der Waals surface area contributed by atoms with E-state index in [1.807, 2.05) is 48.5 Å². The van der Waals surface area contributed by atoms with Crippen molar-refractivity contribution >= 4 is 29.1 Å². The number of nitrogens with zero attached hydrogens (tertiary/aromatic N) is 3. The second-order valence-electron chi connectivity index (χ2n) is 6.85. The number of ether oxygens (including phenoxy) is 1. The van der Waals surface area contributed by atoms with Crippen LogP contribution in [0.15, 0.2) is 60.7 Å². The molecule has 1 aromatic heterocycles. The highest BCUT2D eigenvalue weighted by molar-refractivity contribution is 5.73. The van der Waals surface area contributed by atoms with E-state index in [9.17, 15) is 4.79 Å². The fraction of sp³-hybridized carbons (Fsp3) is 0.227. The van der Waals surface area contributed by atoms with E-state index in [4.69, 9.17) is 9.84 Å². The van der Waals surface area contributed by atoms with Gasteiger partial charge in [0.1, 0.15) is 12.4 Å². The smallest absolute Gasteiger partial charge is 0.322 e. The number of carboxylic acids is 1. The first-order chi connectivity index (χ1) is 14.7. The van der Waals surface area contributed by atoms with E-state index in [1.165, 1.54) is 0 Å². The predicted octanol–water partition coefficient (Wildman–Crippen LogP) is 3.22. The highest BCUT2D eigenvalue weighted by Gasteiger charge is 2.12. The fourth-order valence-electron chi connectivity index (χ4n) is 3.23. The van der Waals surface area contributed by atoms with Crippen LogP contribution in [0.4, 0.5) is 23.1 Å². The molecule has 4 rings (SSSR count). The van der Waals surface area contributed by atoms with Crippen LogP contribution in [0.1, 0.15) is 0 Å². The third kappa shape index (κ3) is 5.03. The first kappa shape index (κ1) is 19.7. The van der Waals surface area contributed by atoms with Gasteiger partial charge in [0, 0.05) is 36.1 Å². The summed E-state index contributed by atoms with van der Waals surface area (Å²) < 4.78 is 5.41. The number of hydrogen-bond acceptors (Lipinski definition) is 7. The summed E-state index contributed by atoms with van der Waals surface area (Å²) in [6, 6.07) is 19.7. The van der Waals surface area contributed by atoms with Crippen molar-refractivity contribution in [2.24, 2.45) is 0 Å². The lowest BCUT2D eigenvalue weighted by Gasteiger charge is -2.28. The Labute approximate surface area is 174 Å². The molecule has 1 saturated heterocycles. The third-order valence-electron chi connectivity index (χ3n) is 4.71. The molecule has 2 aromatic carbocycles. The second kappa shape index (κ2) is 9.23. The molecule has 2 heterocycles. The fourth-order valence-corrected chi connectivity index (χ4v) is 3.23. The normalized spacial score (nSPS) is 13.7. The number of benzene rings is 2. The van der Waals surface area contributed by atoms with E-state index >= 15 is 0 Å². The van der Waals surface area contributed by atoms with Crippen molar-refractivity contribution in [3.05, 3.63) is 60.7 Å². The molecular formula is C22H23N5O3. The lowest BCUT2D eigenvalue weighted by atomic mass is 10.1. The number of morpholine rings is 1. The molecule has 8 nitrogen and oxygen atoms in total. The Kier molecular flexibility index (Phi) is 6.05. The van der Waals surface area contributed by atoms with Crippen LogP contribution in [0.2, 0.25) is 0 Å². The summed E-state index contributed by atoms with van der Waals surface area (Å²) in [6.07, 6.45) is 0. The van der Waals surface area contributed by atoms with Crippen LogP contribution in [-0.2, 0) is 9.53 Å². The lowest BCUT2D eigenvalue weighted by molar-refractivity contribution is -0.134. The van der Waals surface area contributed by atoms with Crippen LogP contribution in [0.25, 0.3) is 11.3 Å². The van der Waals surface area contributed by atoms with Gasteiger partial charge >= 0.3 is 5.97 Å². The number of aliphatic carboxylic acids is 1. The lowest BCUT2D eigenvalue weighted by Crippen LogP contribution is -2.36. The second-order valence-corrected chi connectivity index (χ2v) is 6.85. The summed E-state index contributed by atoms with van der Waals surface area (Å²) in [5.74, 6) is -0.140. The molecule has 3 N–H and O–H groups in total. The largest absolute Gasteiger partial charge is 0.480 e. The van der Waals surface area contributed by atoms with E-state index in [0.717, 1.165) is 43.2 Å². The average molecular weight is 405 g/mol. The molecule has 1 fully saturated rings. The van der Waals surface area contributed by atoms with E-state index < -0.39 is 5.97 Å². The summed E-state index contributed by atoms with van der Waals surface area (Å²) in [5, 5.41) is 15.0. The molecule has 0 atom stereocenters. The maximum atomic E-state index is 10.9. The monoisotopic (exact) mass is 405 g/mol. The van der Waals surface area contributed by atoms with Gasteiger partial charge in [0.15, 0.2) is 0 Å². The molecule has 0 unspecified atom stereocenters. The molecule has 0 radical (unpaired) electrons. The van der Waals surface area contributed by atoms with Gasteiger partial charge in [-0.15, -0.1) is 0 Å². The SMILES string of the molecule is O=C(O)CNc1nc(Nc2ccc(N3CCOCC3)cc2)cc(-c2ccccc2)n1. The van der Waals surface area contributed by atoms with Crippen LogP contribution in [0, 0.1) is 0 Å². The van der Waals surface area contributed by atoms with Gasteiger partial charge in [-0.3, -0.25) is 4.79 Å². The first-order valence-corrected chi connectivity index (χ1v) is 9.77. The Morgan fingerprint density at radius 2 is 1.77 bits per heavy atom. The molecule has 1 aliphatic rings. The standard InChI is InChI=1S/C22H23N5O3/c28-21(29)15-23-22-25-19(16-4-2-1-3-5-16)14-20(26-22)24-17-6-8-18(9-7-17)27-10-12-30-13-11-27/h1-9,14H,10-13,15H2,(H,28,29)(H2,23,24,25,26). The van der Waals surface area contributed by atoms with Gasteiger partial charge in [0.05, 0.1) is 18.9 Å². The Balaban J connectivity index is 1.56. The van der Waals surface area contributed by atoms with Gasteiger partial charge in [-0.25, -0.2) is 4.98 Å². The highest BCUT2D eigenvalue weighted by atomic mass is 16.5. The Morgan fingerprint density at radius 3 is 2.47 bits per heavy atom. The first-order valence-electron chi connectivity index (χ1n) is 9.77. The van der Waals surface area contributed by atoms with Crippen molar-refractivity contribution in [2.75, 3.05) is 48.4 Å². The Hall–Kier alpha value is -3.65. The van der Waals surface area contributed by atoms with Crippen molar-refractivity contribution in [1.82, 2.24) is 9.97 Å². The van der Waals surface area contributed by atoms with Gasteiger partial charge in [-0.2, -0.15) is 4.98 Å². The maximum absolute atomic E-state index is 10.9. The van der Waals surface area contributed by atoms with Gasteiger partial charge in [0.2, 0.25) is 5.95 Å². The van der Waals surface area contributed by atoms with E-state index in [1.54, 1.807) is 0 Å². The average Bonchev–Trinajstić information content (AvgIpc) is 2.79. The summed E-state index contributed by atoms with van der Waals surface area (Å²) in [7, 11) is 0. The number of anilines is 4. The predicted molar refractivity (Wildman–Crippen MR) is 116 cm³/mol.